The van der Waals surface area contributed by atoms with E-state index in [1.165, 1.54) is 0 Å². The van der Waals surface area contributed by atoms with Crippen molar-refractivity contribution in [2.24, 2.45) is 5.73 Å². The topological polar surface area (TPSA) is 55.5 Å². The van der Waals surface area contributed by atoms with E-state index in [0.717, 1.165) is 11.3 Å². The summed E-state index contributed by atoms with van der Waals surface area (Å²) < 4.78 is 5.34. The largest absolute Gasteiger partial charge is 0.490 e. The van der Waals surface area contributed by atoms with Crippen molar-refractivity contribution in [1.29, 1.82) is 0 Å². The summed E-state index contributed by atoms with van der Waals surface area (Å²) in [5.74, 6) is 0.801. The van der Waals surface area contributed by atoms with Crippen LogP contribution in [0, 0.1) is 0 Å². The van der Waals surface area contributed by atoms with Crippen LogP contribution in [0.25, 0.3) is 0 Å². The van der Waals surface area contributed by atoms with Crippen LogP contribution in [0.1, 0.15) is 18.0 Å². The van der Waals surface area contributed by atoms with Gasteiger partial charge in [-0.25, -0.2) is 0 Å². The lowest BCUT2D eigenvalue weighted by Crippen LogP contribution is -2.11. The molecule has 0 saturated carbocycles. The first-order valence-corrected chi connectivity index (χ1v) is 4.98. The smallest absolute Gasteiger partial charge is 0.119 e. The summed E-state index contributed by atoms with van der Waals surface area (Å²) in [4.78, 5) is 0. The number of benzene rings is 1. The summed E-state index contributed by atoms with van der Waals surface area (Å²) in [6.45, 7) is 4.18. The van der Waals surface area contributed by atoms with Crippen LogP contribution in [0.3, 0.4) is 0 Å². The molecule has 15 heavy (non-hydrogen) atoms. The molecule has 3 nitrogen and oxygen atoms in total. The number of aliphatic hydroxyl groups excluding tert-OH is 1. The molecule has 0 saturated heterocycles. The summed E-state index contributed by atoms with van der Waals surface area (Å²) >= 11 is 0. The Morgan fingerprint density at radius 2 is 2.07 bits per heavy atom. The van der Waals surface area contributed by atoms with E-state index >= 15 is 0 Å². The highest BCUT2D eigenvalue weighted by molar-refractivity contribution is 5.29. The molecule has 0 amide bonds. The molecule has 0 spiro atoms. The third kappa shape index (κ3) is 3.73. The molecule has 1 rings (SSSR count). The number of rotatable bonds is 6. The number of ether oxygens (including phenoxy) is 1. The fourth-order valence-electron chi connectivity index (χ4n) is 1.27. The maximum atomic E-state index is 8.75. The average molecular weight is 207 g/mol. The fraction of sp³-hybridized carbons (Fsp3) is 0.333. The van der Waals surface area contributed by atoms with Crippen molar-refractivity contribution in [1.82, 2.24) is 0 Å². The van der Waals surface area contributed by atoms with Gasteiger partial charge in [-0.1, -0.05) is 24.8 Å². The van der Waals surface area contributed by atoms with Gasteiger partial charge >= 0.3 is 0 Å². The molecule has 0 unspecified atom stereocenters. The van der Waals surface area contributed by atoms with Gasteiger partial charge in [0.05, 0.1) is 0 Å². The maximum absolute atomic E-state index is 8.75. The molecule has 0 aliphatic rings. The minimum absolute atomic E-state index is 0.107. The highest BCUT2D eigenvalue weighted by atomic mass is 16.5. The average Bonchev–Trinajstić information content (AvgIpc) is 2.27. The molecule has 0 aliphatic carbocycles. The Labute approximate surface area is 90.2 Å². The molecule has 0 aromatic heterocycles. The normalized spacial score (nSPS) is 12.1. The zero-order valence-corrected chi connectivity index (χ0v) is 8.73. The second-order valence-electron chi connectivity index (χ2n) is 3.29. The Morgan fingerprint density at radius 3 is 2.60 bits per heavy atom. The molecular weight excluding hydrogens is 190 g/mol. The van der Waals surface area contributed by atoms with Crippen LogP contribution in [-0.4, -0.2) is 18.3 Å². The highest BCUT2D eigenvalue weighted by Crippen LogP contribution is 2.18. The number of hydrogen-bond donors (Lipinski definition) is 2. The number of nitrogens with two attached hydrogens (primary N) is 1. The van der Waals surface area contributed by atoms with E-state index in [2.05, 4.69) is 6.58 Å². The van der Waals surface area contributed by atoms with Gasteiger partial charge in [0.1, 0.15) is 12.4 Å². The van der Waals surface area contributed by atoms with E-state index in [1.807, 2.05) is 24.3 Å². The van der Waals surface area contributed by atoms with Gasteiger partial charge in [-0.05, 0) is 24.1 Å². The number of aliphatic hydroxyl groups is 1. The molecule has 1 aromatic rings. The van der Waals surface area contributed by atoms with E-state index in [-0.39, 0.29) is 12.6 Å². The number of hydrogen-bond acceptors (Lipinski definition) is 3. The van der Waals surface area contributed by atoms with Crippen molar-refractivity contribution in [3.05, 3.63) is 42.5 Å². The van der Waals surface area contributed by atoms with Crippen molar-refractivity contribution in [2.75, 3.05) is 13.2 Å². The van der Waals surface area contributed by atoms with Gasteiger partial charge < -0.3 is 15.6 Å². The van der Waals surface area contributed by atoms with Crippen molar-refractivity contribution in [2.45, 2.75) is 12.5 Å². The highest BCUT2D eigenvalue weighted by Gasteiger charge is 2.04. The molecule has 0 aliphatic heterocycles. The van der Waals surface area contributed by atoms with Crippen molar-refractivity contribution in [3.8, 4) is 5.75 Å². The van der Waals surface area contributed by atoms with Crippen LogP contribution >= 0.6 is 0 Å². The molecule has 82 valence electrons. The molecule has 1 atom stereocenters. The predicted octanol–water partition coefficient (Wildman–Crippen LogP) is 1.63. The fourth-order valence-corrected chi connectivity index (χ4v) is 1.27. The van der Waals surface area contributed by atoms with Crippen LogP contribution in [0.4, 0.5) is 0 Å². The van der Waals surface area contributed by atoms with Crippen molar-refractivity contribution >= 4 is 0 Å². The Balaban J connectivity index is 2.58. The first-order chi connectivity index (χ1) is 7.27. The lowest BCUT2D eigenvalue weighted by Gasteiger charge is -2.11. The van der Waals surface area contributed by atoms with Gasteiger partial charge in [0, 0.05) is 12.6 Å². The Hall–Kier alpha value is -1.32. The first-order valence-electron chi connectivity index (χ1n) is 4.98. The standard InChI is InChI=1S/C12H17NO2/c1-2-9-15-11-5-3-10(4-6-11)12(13)7-8-14/h2-6,12,14H,1,7-9,13H2/t12-/m0/s1. The van der Waals surface area contributed by atoms with E-state index in [9.17, 15) is 0 Å². The summed E-state index contributed by atoms with van der Waals surface area (Å²) in [6.07, 6.45) is 2.28. The zero-order valence-electron chi connectivity index (χ0n) is 8.73. The molecule has 0 heterocycles. The Kier molecular flexibility index (Phi) is 4.87. The minimum Gasteiger partial charge on any atom is -0.490 e. The zero-order chi connectivity index (χ0) is 11.1. The third-order valence-electron chi connectivity index (χ3n) is 2.12. The molecule has 3 heteroatoms. The molecule has 0 radical (unpaired) electrons. The van der Waals surface area contributed by atoms with Crippen molar-refractivity contribution < 1.29 is 9.84 Å². The Bertz CT molecular complexity index is 295. The predicted molar refractivity (Wildman–Crippen MR) is 60.8 cm³/mol. The van der Waals surface area contributed by atoms with Gasteiger partial charge in [0.2, 0.25) is 0 Å². The summed E-state index contributed by atoms with van der Waals surface area (Å²) in [7, 11) is 0. The minimum atomic E-state index is -0.108. The monoisotopic (exact) mass is 207 g/mol. The molecule has 1 aromatic carbocycles. The van der Waals surface area contributed by atoms with Crippen LogP contribution in [-0.2, 0) is 0 Å². The second kappa shape index (κ2) is 6.22. The summed E-state index contributed by atoms with van der Waals surface area (Å²) in [5, 5.41) is 8.75. The van der Waals surface area contributed by atoms with Gasteiger partial charge in [-0.3, -0.25) is 0 Å². The lowest BCUT2D eigenvalue weighted by molar-refractivity contribution is 0.276. The van der Waals surface area contributed by atoms with Crippen LogP contribution in [0.5, 0.6) is 5.75 Å². The first kappa shape index (κ1) is 11.8. The van der Waals surface area contributed by atoms with Gasteiger partial charge in [0.15, 0.2) is 0 Å². The molecule has 3 N–H and O–H groups in total. The molecular formula is C12H17NO2. The van der Waals surface area contributed by atoms with Crippen LogP contribution in [0.2, 0.25) is 0 Å². The van der Waals surface area contributed by atoms with Gasteiger partial charge in [-0.2, -0.15) is 0 Å². The van der Waals surface area contributed by atoms with Crippen LogP contribution in [0.15, 0.2) is 36.9 Å². The summed E-state index contributed by atoms with van der Waals surface area (Å²) in [5.41, 5.74) is 6.85. The van der Waals surface area contributed by atoms with Gasteiger partial charge in [-0.15, -0.1) is 0 Å². The van der Waals surface area contributed by atoms with Gasteiger partial charge in [0.25, 0.3) is 0 Å². The SMILES string of the molecule is C=CCOc1ccc([C@@H](N)CCO)cc1. The maximum Gasteiger partial charge on any atom is 0.119 e. The van der Waals surface area contributed by atoms with Crippen molar-refractivity contribution in [3.63, 3.8) is 0 Å². The van der Waals surface area contributed by atoms with E-state index in [1.54, 1.807) is 6.08 Å². The third-order valence-corrected chi connectivity index (χ3v) is 2.12. The summed E-state index contributed by atoms with van der Waals surface area (Å²) in [6, 6.07) is 7.47. The van der Waals surface area contributed by atoms with E-state index in [0.29, 0.717) is 13.0 Å². The molecule has 0 fully saturated rings. The Morgan fingerprint density at radius 1 is 1.40 bits per heavy atom. The second-order valence-corrected chi connectivity index (χ2v) is 3.29. The van der Waals surface area contributed by atoms with Crippen LogP contribution < -0.4 is 10.5 Å². The quantitative estimate of drug-likeness (QED) is 0.697. The van der Waals surface area contributed by atoms with E-state index < -0.39 is 0 Å². The van der Waals surface area contributed by atoms with E-state index in [4.69, 9.17) is 15.6 Å². The lowest BCUT2D eigenvalue weighted by atomic mass is 10.1. The molecule has 0 bridgehead atoms.